The number of thioether (sulfide) groups is 1. The van der Waals surface area contributed by atoms with Crippen molar-refractivity contribution in [3.63, 3.8) is 0 Å². The van der Waals surface area contributed by atoms with Crippen LogP contribution in [0.15, 0.2) is 35.4 Å². The number of para-hydroxylation sites is 1. The van der Waals surface area contributed by atoms with Crippen LogP contribution in [0.25, 0.3) is 17.0 Å². The molecule has 25 heavy (non-hydrogen) atoms. The van der Waals surface area contributed by atoms with E-state index in [1.807, 2.05) is 48.9 Å². The Balaban J connectivity index is 1.99. The van der Waals surface area contributed by atoms with Gasteiger partial charge in [0.1, 0.15) is 6.54 Å². The standard InChI is InChI=1S/C18H19N3O3S/c1-3-20(4-2)16(22)11-21-10-12(13-7-5-6-8-14(13)21)9-15-17(23)19-18(24)25-15/h5-10H,3-4,11H2,1-2H3,(H,19,23,24)/b15-9-. The lowest BCUT2D eigenvalue weighted by atomic mass is 10.1. The first kappa shape index (κ1) is 17.3. The Hall–Kier alpha value is -2.54. The summed E-state index contributed by atoms with van der Waals surface area (Å²) in [7, 11) is 0. The SMILES string of the molecule is CCN(CC)C(=O)Cn1cc(/C=C2\SC(=O)NC2=O)c2ccccc21. The van der Waals surface area contributed by atoms with Gasteiger partial charge in [0.2, 0.25) is 5.91 Å². The number of fused-ring (bicyclic) bond motifs is 1. The normalized spacial score (nSPS) is 15.8. The number of imide groups is 1. The number of hydrogen-bond acceptors (Lipinski definition) is 4. The predicted molar refractivity (Wildman–Crippen MR) is 99.0 cm³/mol. The van der Waals surface area contributed by atoms with Crippen LogP contribution in [0.2, 0.25) is 0 Å². The van der Waals surface area contributed by atoms with Crippen molar-refractivity contribution in [2.45, 2.75) is 20.4 Å². The number of likely N-dealkylation sites (N-methyl/N-ethyl adjacent to an activating group) is 1. The van der Waals surface area contributed by atoms with Gasteiger partial charge in [-0.1, -0.05) is 18.2 Å². The van der Waals surface area contributed by atoms with Gasteiger partial charge in [-0.2, -0.15) is 0 Å². The maximum Gasteiger partial charge on any atom is 0.290 e. The highest BCUT2D eigenvalue weighted by molar-refractivity contribution is 8.18. The summed E-state index contributed by atoms with van der Waals surface area (Å²) in [6.07, 6.45) is 3.56. The van der Waals surface area contributed by atoms with Crippen LogP contribution in [0.5, 0.6) is 0 Å². The number of aromatic nitrogens is 1. The average molecular weight is 357 g/mol. The molecule has 0 saturated carbocycles. The highest BCUT2D eigenvalue weighted by Gasteiger charge is 2.25. The first-order valence-corrected chi connectivity index (χ1v) is 8.95. The Morgan fingerprint density at radius 1 is 1.24 bits per heavy atom. The number of nitrogens with one attached hydrogen (secondary N) is 1. The average Bonchev–Trinajstić information content (AvgIpc) is 3.09. The summed E-state index contributed by atoms with van der Waals surface area (Å²) in [5.41, 5.74) is 1.74. The third-order valence-electron chi connectivity index (χ3n) is 4.17. The molecule has 3 rings (SSSR count). The monoisotopic (exact) mass is 357 g/mol. The number of rotatable bonds is 5. The van der Waals surface area contributed by atoms with Crippen molar-refractivity contribution in [3.05, 3.63) is 40.9 Å². The van der Waals surface area contributed by atoms with E-state index in [2.05, 4.69) is 5.32 Å². The quantitative estimate of drug-likeness (QED) is 0.836. The second-order valence-corrected chi connectivity index (χ2v) is 6.66. The molecular formula is C18H19N3O3S. The van der Waals surface area contributed by atoms with Crippen molar-refractivity contribution in [2.24, 2.45) is 0 Å². The van der Waals surface area contributed by atoms with Gasteiger partial charge in [0, 0.05) is 35.8 Å². The zero-order valence-corrected chi connectivity index (χ0v) is 14.9. The van der Waals surface area contributed by atoms with Gasteiger partial charge in [-0.15, -0.1) is 0 Å². The van der Waals surface area contributed by atoms with E-state index in [0.29, 0.717) is 18.0 Å². The summed E-state index contributed by atoms with van der Waals surface area (Å²) >= 11 is 0.889. The zero-order valence-electron chi connectivity index (χ0n) is 14.1. The Morgan fingerprint density at radius 2 is 1.96 bits per heavy atom. The summed E-state index contributed by atoms with van der Waals surface area (Å²) < 4.78 is 1.89. The minimum Gasteiger partial charge on any atom is -0.342 e. The van der Waals surface area contributed by atoms with Gasteiger partial charge in [0.15, 0.2) is 0 Å². The smallest absolute Gasteiger partial charge is 0.290 e. The molecule has 0 radical (unpaired) electrons. The van der Waals surface area contributed by atoms with E-state index in [0.717, 1.165) is 28.2 Å². The van der Waals surface area contributed by atoms with Gasteiger partial charge in [-0.3, -0.25) is 19.7 Å². The number of hydrogen-bond donors (Lipinski definition) is 1. The number of amides is 3. The lowest BCUT2D eigenvalue weighted by molar-refractivity contribution is -0.131. The maximum absolute atomic E-state index is 12.4. The lowest BCUT2D eigenvalue weighted by Crippen LogP contribution is -2.33. The molecular weight excluding hydrogens is 338 g/mol. The molecule has 1 N–H and O–H groups in total. The van der Waals surface area contributed by atoms with Crippen LogP contribution < -0.4 is 5.32 Å². The second kappa shape index (κ2) is 7.14. The molecule has 0 aliphatic carbocycles. The summed E-state index contributed by atoms with van der Waals surface area (Å²) in [5.74, 6) is -0.334. The lowest BCUT2D eigenvalue weighted by Gasteiger charge is -2.19. The Labute approximate surface area is 149 Å². The molecule has 0 bridgehead atoms. The predicted octanol–water partition coefficient (Wildman–Crippen LogP) is 2.83. The van der Waals surface area contributed by atoms with Gasteiger partial charge in [0.25, 0.3) is 11.1 Å². The molecule has 0 spiro atoms. The van der Waals surface area contributed by atoms with E-state index >= 15 is 0 Å². The van der Waals surface area contributed by atoms with Crippen molar-refractivity contribution >= 4 is 45.8 Å². The molecule has 1 aromatic carbocycles. The largest absolute Gasteiger partial charge is 0.342 e. The molecule has 3 amide bonds. The van der Waals surface area contributed by atoms with E-state index in [1.165, 1.54) is 0 Å². The summed E-state index contributed by atoms with van der Waals surface area (Å²) in [5, 5.41) is 2.83. The topological polar surface area (TPSA) is 71.4 Å². The molecule has 1 saturated heterocycles. The molecule has 6 nitrogen and oxygen atoms in total. The molecule has 1 aromatic heterocycles. The molecule has 0 atom stereocenters. The summed E-state index contributed by atoms with van der Waals surface area (Å²) in [6, 6.07) is 7.71. The van der Waals surface area contributed by atoms with Crippen LogP contribution in [0.1, 0.15) is 19.4 Å². The van der Waals surface area contributed by atoms with Crippen LogP contribution in [0.3, 0.4) is 0 Å². The number of benzene rings is 1. The Morgan fingerprint density at radius 3 is 2.60 bits per heavy atom. The molecule has 1 aliphatic rings. The molecule has 0 unspecified atom stereocenters. The Kier molecular flexibility index (Phi) is 4.94. The molecule has 1 fully saturated rings. The molecule has 7 heteroatoms. The van der Waals surface area contributed by atoms with Crippen LogP contribution in [0.4, 0.5) is 4.79 Å². The van der Waals surface area contributed by atoms with Gasteiger partial charge >= 0.3 is 0 Å². The highest BCUT2D eigenvalue weighted by Crippen LogP contribution is 2.29. The van der Waals surface area contributed by atoms with E-state index in [1.54, 1.807) is 11.0 Å². The van der Waals surface area contributed by atoms with Crippen molar-refractivity contribution in [1.29, 1.82) is 0 Å². The molecule has 2 heterocycles. The first-order valence-electron chi connectivity index (χ1n) is 8.14. The zero-order chi connectivity index (χ0) is 18.0. The van der Waals surface area contributed by atoms with Crippen molar-refractivity contribution in [3.8, 4) is 0 Å². The molecule has 130 valence electrons. The summed E-state index contributed by atoms with van der Waals surface area (Å²) in [4.78, 5) is 37.7. The van der Waals surface area contributed by atoms with Crippen LogP contribution >= 0.6 is 11.8 Å². The number of carbonyl (C=O) groups is 3. The fourth-order valence-corrected chi connectivity index (χ4v) is 3.58. The molecule has 2 aromatic rings. The van der Waals surface area contributed by atoms with Crippen molar-refractivity contribution in [1.82, 2.24) is 14.8 Å². The fraction of sp³-hybridized carbons (Fsp3) is 0.278. The van der Waals surface area contributed by atoms with E-state index in [-0.39, 0.29) is 23.6 Å². The van der Waals surface area contributed by atoms with Crippen LogP contribution in [0, 0.1) is 0 Å². The number of carbonyl (C=O) groups excluding carboxylic acids is 3. The van der Waals surface area contributed by atoms with Crippen molar-refractivity contribution in [2.75, 3.05) is 13.1 Å². The third kappa shape index (κ3) is 3.46. The van der Waals surface area contributed by atoms with Gasteiger partial charge in [-0.25, -0.2) is 0 Å². The molecule has 1 aliphatic heterocycles. The minimum atomic E-state index is -0.383. The first-order chi connectivity index (χ1) is 12.0. The second-order valence-electron chi connectivity index (χ2n) is 5.65. The van der Waals surface area contributed by atoms with E-state index < -0.39 is 0 Å². The minimum absolute atomic E-state index is 0.0492. The number of nitrogens with zero attached hydrogens (tertiary/aromatic N) is 2. The Bertz CT molecular complexity index is 881. The third-order valence-corrected chi connectivity index (χ3v) is 4.98. The maximum atomic E-state index is 12.4. The fourth-order valence-electron chi connectivity index (χ4n) is 2.91. The van der Waals surface area contributed by atoms with Crippen LogP contribution in [-0.4, -0.2) is 39.6 Å². The van der Waals surface area contributed by atoms with E-state index in [4.69, 9.17) is 0 Å². The van der Waals surface area contributed by atoms with Gasteiger partial charge < -0.3 is 9.47 Å². The van der Waals surface area contributed by atoms with Gasteiger partial charge in [-0.05, 0) is 37.8 Å². The summed E-state index contributed by atoms with van der Waals surface area (Å²) in [6.45, 7) is 5.49. The highest BCUT2D eigenvalue weighted by atomic mass is 32.2. The van der Waals surface area contributed by atoms with Gasteiger partial charge in [0.05, 0.1) is 4.91 Å². The van der Waals surface area contributed by atoms with E-state index in [9.17, 15) is 14.4 Å². The van der Waals surface area contributed by atoms with Crippen molar-refractivity contribution < 1.29 is 14.4 Å². The van der Waals surface area contributed by atoms with Crippen LogP contribution in [-0.2, 0) is 16.1 Å².